The maximum absolute atomic E-state index is 13.1. The van der Waals surface area contributed by atoms with Crippen molar-refractivity contribution < 1.29 is 9.53 Å². The molecule has 0 unspecified atom stereocenters. The molecule has 6 heteroatoms. The van der Waals surface area contributed by atoms with Crippen molar-refractivity contribution in [2.45, 2.75) is 16.3 Å². The van der Waals surface area contributed by atoms with Gasteiger partial charge in [-0.3, -0.25) is 4.79 Å². The van der Waals surface area contributed by atoms with Gasteiger partial charge in [0.25, 0.3) is 0 Å². The highest BCUT2D eigenvalue weighted by atomic mass is 79.9. The highest BCUT2D eigenvalue weighted by Crippen LogP contribution is 2.37. The standard InChI is InChI=1S/C22H16Br2Cl2O2/c23-20(15-10-11-17(25)18(26)12-15)21(24)22(27)16-8-4-5-9-19(16)28-13-14-6-2-1-3-7-14/h1-12,20-21H,13H2/t20-,21+/m1/s1. The molecule has 2 nitrogen and oxygen atoms in total. The van der Waals surface area contributed by atoms with Crippen LogP contribution in [0.25, 0.3) is 0 Å². The molecule has 0 aromatic heterocycles. The summed E-state index contributed by atoms with van der Waals surface area (Å²) in [4.78, 5) is 12.3. The maximum atomic E-state index is 13.1. The van der Waals surface area contributed by atoms with Crippen LogP contribution in [0.15, 0.2) is 72.8 Å². The summed E-state index contributed by atoms with van der Waals surface area (Å²) < 4.78 is 5.92. The number of rotatable bonds is 7. The van der Waals surface area contributed by atoms with E-state index in [1.54, 1.807) is 24.3 Å². The van der Waals surface area contributed by atoms with E-state index in [2.05, 4.69) is 31.9 Å². The van der Waals surface area contributed by atoms with E-state index in [-0.39, 0.29) is 10.6 Å². The number of alkyl halides is 2. The van der Waals surface area contributed by atoms with Crippen molar-refractivity contribution in [3.05, 3.63) is 99.5 Å². The van der Waals surface area contributed by atoms with Crippen LogP contribution in [0.1, 0.15) is 26.3 Å². The molecule has 0 aliphatic carbocycles. The summed E-state index contributed by atoms with van der Waals surface area (Å²) in [7, 11) is 0. The maximum Gasteiger partial charge on any atom is 0.181 e. The Hall–Kier alpha value is -1.33. The lowest BCUT2D eigenvalue weighted by Gasteiger charge is -2.18. The number of benzene rings is 3. The summed E-state index contributed by atoms with van der Waals surface area (Å²) in [5.74, 6) is 0.464. The van der Waals surface area contributed by atoms with Gasteiger partial charge in [-0.05, 0) is 35.4 Å². The fourth-order valence-corrected chi connectivity index (χ4v) is 4.05. The summed E-state index contributed by atoms with van der Waals surface area (Å²) in [5, 5.41) is 0.921. The van der Waals surface area contributed by atoms with Crippen LogP contribution in [0.5, 0.6) is 5.75 Å². The summed E-state index contributed by atoms with van der Waals surface area (Å²) in [6.45, 7) is 0.391. The molecular formula is C22H16Br2Cl2O2. The smallest absolute Gasteiger partial charge is 0.181 e. The van der Waals surface area contributed by atoms with E-state index in [9.17, 15) is 4.79 Å². The second kappa shape index (κ2) is 9.93. The predicted octanol–water partition coefficient (Wildman–Crippen LogP) is 7.65. The van der Waals surface area contributed by atoms with Crippen LogP contribution in [-0.4, -0.2) is 10.6 Å². The third-order valence-corrected chi connectivity index (χ3v) is 7.61. The first-order valence-electron chi connectivity index (χ1n) is 8.50. The second-order valence-electron chi connectivity index (χ2n) is 6.11. The van der Waals surface area contributed by atoms with Gasteiger partial charge in [0.15, 0.2) is 5.78 Å². The Morgan fingerprint density at radius 3 is 2.29 bits per heavy atom. The monoisotopic (exact) mass is 540 g/mol. The molecule has 0 N–H and O–H groups in total. The molecule has 0 saturated carbocycles. The molecule has 28 heavy (non-hydrogen) atoms. The molecule has 0 bridgehead atoms. The molecule has 144 valence electrons. The van der Waals surface area contributed by atoms with Gasteiger partial charge < -0.3 is 4.74 Å². The lowest BCUT2D eigenvalue weighted by molar-refractivity contribution is 0.0986. The van der Waals surface area contributed by atoms with Gasteiger partial charge >= 0.3 is 0 Å². The summed E-state index contributed by atoms with van der Waals surface area (Å²) in [5.41, 5.74) is 2.41. The van der Waals surface area contributed by atoms with Crippen molar-refractivity contribution in [3.8, 4) is 5.75 Å². The van der Waals surface area contributed by atoms with E-state index in [0.717, 1.165) is 11.1 Å². The summed E-state index contributed by atoms with van der Waals surface area (Å²) in [6, 6.07) is 22.4. The number of ketones is 1. The van der Waals surface area contributed by atoms with Crippen molar-refractivity contribution in [2.75, 3.05) is 0 Å². The normalized spacial score (nSPS) is 13.0. The van der Waals surface area contributed by atoms with Gasteiger partial charge in [0, 0.05) is 0 Å². The molecule has 0 aliphatic rings. The first-order valence-corrected chi connectivity index (χ1v) is 11.1. The Balaban J connectivity index is 1.78. The Morgan fingerprint density at radius 2 is 1.57 bits per heavy atom. The van der Waals surface area contributed by atoms with Crippen molar-refractivity contribution in [1.82, 2.24) is 0 Å². The highest BCUT2D eigenvalue weighted by Gasteiger charge is 2.28. The quantitative estimate of drug-likeness (QED) is 0.226. The summed E-state index contributed by atoms with van der Waals surface area (Å²) in [6.07, 6.45) is 0. The third-order valence-electron chi connectivity index (χ3n) is 4.16. The molecule has 0 saturated heterocycles. The fraction of sp³-hybridized carbons (Fsp3) is 0.136. The number of halogens is 4. The Bertz CT molecular complexity index is 964. The van der Waals surface area contributed by atoms with Crippen LogP contribution >= 0.6 is 55.1 Å². The van der Waals surface area contributed by atoms with E-state index in [1.165, 1.54) is 0 Å². The van der Waals surface area contributed by atoms with Gasteiger partial charge in [0.05, 0.1) is 25.3 Å². The number of para-hydroxylation sites is 1. The van der Waals surface area contributed by atoms with E-state index in [1.807, 2.05) is 48.5 Å². The van der Waals surface area contributed by atoms with Gasteiger partial charge in [0.2, 0.25) is 0 Å². The van der Waals surface area contributed by atoms with Gasteiger partial charge in [-0.15, -0.1) is 0 Å². The van der Waals surface area contributed by atoms with Crippen molar-refractivity contribution >= 4 is 60.8 Å². The molecule has 0 aliphatic heterocycles. The first-order chi connectivity index (χ1) is 13.5. The first kappa shape index (κ1) is 21.4. The second-order valence-corrected chi connectivity index (χ2v) is 8.90. The molecule has 3 aromatic rings. The molecule has 0 fully saturated rings. The lowest BCUT2D eigenvalue weighted by atomic mass is 10.0. The van der Waals surface area contributed by atoms with Crippen molar-refractivity contribution in [2.24, 2.45) is 0 Å². The van der Waals surface area contributed by atoms with Crippen LogP contribution in [0.4, 0.5) is 0 Å². The minimum atomic E-state index is -0.508. The van der Waals surface area contributed by atoms with Crippen LogP contribution < -0.4 is 4.74 Å². The highest BCUT2D eigenvalue weighted by molar-refractivity contribution is 9.12. The average molecular weight is 543 g/mol. The van der Waals surface area contributed by atoms with Crippen molar-refractivity contribution in [1.29, 1.82) is 0 Å². The SMILES string of the molecule is O=C(c1ccccc1OCc1ccccc1)[C@@H](Br)[C@H](Br)c1ccc(Cl)c(Cl)c1. The molecular weight excluding hydrogens is 527 g/mol. The number of carbonyl (C=O) groups excluding carboxylic acids is 1. The van der Waals surface area contributed by atoms with Gasteiger partial charge in [-0.2, -0.15) is 0 Å². The number of Topliss-reactive ketones (excluding diaryl/α,β-unsaturated/α-hetero) is 1. The van der Waals surface area contributed by atoms with E-state index in [0.29, 0.717) is 28.0 Å². The van der Waals surface area contributed by atoms with Crippen LogP contribution in [-0.2, 0) is 6.61 Å². The fourth-order valence-electron chi connectivity index (χ4n) is 2.67. The molecule has 2 atom stereocenters. The number of ether oxygens (including phenoxy) is 1. The third kappa shape index (κ3) is 5.18. The lowest BCUT2D eigenvalue weighted by Crippen LogP contribution is -2.20. The number of hydrogen-bond acceptors (Lipinski definition) is 2. The zero-order valence-electron chi connectivity index (χ0n) is 14.6. The average Bonchev–Trinajstić information content (AvgIpc) is 2.73. The Labute approximate surface area is 191 Å². The molecule has 0 spiro atoms. The van der Waals surface area contributed by atoms with Crippen molar-refractivity contribution in [3.63, 3.8) is 0 Å². The van der Waals surface area contributed by atoms with Crippen LogP contribution in [0, 0.1) is 0 Å². The summed E-state index contributed by atoms with van der Waals surface area (Å²) >= 11 is 19.2. The topological polar surface area (TPSA) is 26.3 Å². The van der Waals surface area contributed by atoms with Gasteiger partial charge in [-0.1, -0.05) is 104 Å². The van der Waals surface area contributed by atoms with Crippen LogP contribution in [0.2, 0.25) is 10.0 Å². The minimum Gasteiger partial charge on any atom is -0.488 e. The molecule has 0 radical (unpaired) electrons. The predicted molar refractivity (Wildman–Crippen MR) is 122 cm³/mol. The Morgan fingerprint density at radius 1 is 0.893 bits per heavy atom. The van der Waals surface area contributed by atoms with Gasteiger partial charge in [-0.25, -0.2) is 0 Å². The molecule has 0 heterocycles. The van der Waals surface area contributed by atoms with Crippen LogP contribution in [0.3, 0.4) is 0 Å². The van der Waals surface area contributed by atoms with E-state index in [4.69, 9.17) is 27.9 Å². The van der Waals surface area contributed by atoms with E-state index < -0.39 is 4.83 Å². The minimum absolute atomic E-state index is 0.0865. The largest absolute Gasteiger partial charge is 0.488 e. The molecule has 3 rings (SSSR count). The van der Waals surface area contributed by atoms with E-state index >= 15 is 0 Å². The molecule has 0 amide bonds. The van der Waals surface area contributed by atoms with Gasteiger partial charge in [0.1, 0.15) is 12.4 Å². The Kier molecular flexibility index (Phi) is 7.58. The number of carbonyl (C=O) groups is 1. The molecule has 3 aromatic carbocycles. The zero-order valence-corrected chi connectivity index (χ0v) is 19.3. The number of hydrogen-bond donors (Lipinski definition) is 0. The zero-order chi connectivity index (χ0) is 20.1.